The highest BCUT2D eigenvalue weighted by Gasteiger charge is 2.18. The SMILES string of the molecule is N#Cc1ccc(OCC(=O)NNC(=O)CN2CCCc3ccccc32)cc1. The van der Waals surface area contributed by atoms with Crippen molar-refractivity contribution in [1.82, 2.24) is 10.9 Å². The Morgan fingerprint density at radius 1 is 1.07 bits per heavy atom. The molecule has 2 aromatic carbocycles. The van der Waals surface area contributed by atoms with Gasteiger partial charge in [-0.2, -0.15) is 5.26 Å². The van der Waals surface area contributed by atoms with Gasteiger partial charge in [0.2, 0.25) is 0 Å². The fraction of sp³-hybridized carbons (Fsp3) is 0.250. The Bertz CT molecular complexity index is 858. The molecule has 2 aromatic rings. The number of aryl methyl sites for hydroxylation is 1. The van der Waals surface area contributed by atoms with Gasteiger partial charge in [-0.15, -0.1) is 0 Å². The van der Waals surface area contributed by atoms with Gasteiger partial charge in [-0.1, -0.05) is 18.2 Å². The molecule has 0 aromatic heterocycles. The minimum atomic E-state index is -0.466. The number of hydrazine groups is 1. The molecule has 1 aliphatic heterocycles. The van der Waals surface area contributed by atoms with Crippen molar-refractivity contribution < 1.29 is 14.3 Å². The van der Waals surface area contributed by atoms with Crippen LogP contribution in [0.4, 0.5) is 5.69 Å². The Hall–Kier alpha value is -3.53. The summed E-state index contributed by atoms with van der Waals surface area (Å²) in [6.45, 7) is 0.743. The number of anilines is 1. The topological polar surface area (TPSA) is 94.5 Å². The zero-order valence-corrected chi connectivity index (χ0v) is 14.8. The number of nitrogens with zero attached hydrogens (tertiary/aromatic N) is 2. The molecule has 0 saturated heterocycles. The first-order chi connectivity index (χ1) is 13.2. The van der Waals surface area contributed by atoms with Crippen molar-refractivity contribution in [3.05, 3.63) is 59.7 Å². The molecule has 7 heteroatoms. The molecule has 0 spiro atoms. The molecular weight excluding hydrogens is 344 g/mol. The summed E-state index contributed by atoms with van der Waals surface area (Å²) in [7, 11) is 0. The van der Waals surface area contributed by atoms with Crippen LogP contribution in [0, 0.1) is 11.3 Å². The van der Waals surface area contributed by atoms with Crippen LogP contribution in [0.2, 0.25) is 0 Å². The number of carbonyl (C=O) groups is 2. The number of hydrogen-bond acceptors (Lipinski definition) is 5. The van der Waals surface area contributed by atoms with Crippen LogP contribution in [0.5, 0.6) is 5.75 Å². The van der Waals surface area contributed by atoms with E-state index in [0.717, 1.165) is 25.1 Å². The van der Waals surface area contributed by atoms with E-state index in [1.54, 1.807) is 24.3 Å². The molecule has 0 saturated carbocycles. The van der Waals surface area contributed by atoms with Crippen molar-refractivity contribution in [2.45, 2.75) is 12.8 Å². The van der Waals surface area contributed by atoms with Gasteiger partial charge in [-0.05, 0) is 48.7 Å². The van der Waals surface area contributed by atoms with E-state index in [-0.39, 0.29) is 19.1 Å². The zero-order valence-electron chi connectivity index (χ0n) is 14.8. The highest BCUT2D eigenvalue weighted by Crippen LogP contribution is 2.26. The number of nitrogens with one attached hydrogen (secondary N) is 2. The van der Waals surface area contributed by atoms with Crippen LogP contribution in [-0.2, 0) is 16.0 Å². The summed E-state index contributed by atoms with van der Waals surface area (Å²) < 4.78 is 5.31. The Morgan fingerprint density at radius 3 is 2.59 bits per heavy atom. The van der Waals surface area contributed by atoms with E-state index in [0.29, 0.717) is 11.3 Å². The summed E-state index contributed by atoms with van der Waals surface area (Å²) in [6.07, 6.45) is 2.01. The van der Waals surface area contributed by atoms with Crippen molar-refractivity contribution in [2.24, 2.45) is 0 Å². The number of fused-ring (bicyclic) bond motifs is 1. The van der Waals surface area contributed by atoms with Gasteiger partial charge in [-0.3, -0.25) is 20.4 Å². The number of hydrogen-bond donors (Lipinski definition) is 2. The predicted molar refractivity (Wildman–Crippen MR) is 99.9 cm³/mol. The summed E-state index contributed by atoms with van der Waals surface area (Å²) in [4.78, 5) is 26.0. The normalized spacial score (nSPS) is 12.5. The first-order valence-electron chi connectivity index (χ1n) is 8.69. The summed E-state index contributed by atoms with van der Waals surface area (Å²) in [6, 6.07) is 16.5. The molecule has 27 heavy (non-hydrogen) atoms. The van der Waals surface area contributed by atoms with Crippen LogP contribution in [-0.4, -0.2) is 31.5 Å². The van der Waals surface area contributed by atoms with Crippen LogP contribution >= 0.6 is 0 Å². The Morgan fingerprint density at radius 2 is 1.81 bits per heavy atom. The van der Waals surface area contributed by atoms with Crippen LogP contribution in [0.3, 0.4) is 0 Å². The molecule has 2 amide bonds. The first kappa shape index (κ1) is 18.3. The van der Waals surface area contributed by atoms with Crippen molar-refractivity contribution in [3.8, 4) is 11.8 Å². The molecule has 7 nitrogen and oxygen atoms in total. The monoisotopic (exact) mass is 364 g/mol. The number of amides is 2. The van der Waals surface area contributed by atoms with Gasteiger partial charge in [0.05, 0.1) is 18.2 Å². The zero-order chi connectivity index (χ0) is 19.1. The van der Waals surface area contributed by atoms with E-state index in [1.165, 1.54) is 5.56 Å². The number of nitriles is 1. The van der Waals surface area contributed by atoms with Gasteiger partial charge in [-0.25, -0.2) is 0 Å². The first-order valence-corrected chi connectivity index (χ1v) is 8.69. The summed E-state index contributed by atoms with van der Waals surface area (Å²) in [5, 5.41) is 8.74. The van der Waals surface area contributed by atoms with Gasteiger partial charge < -0.3 is 9.64 Å². The maximum absolute atomic E-state index is 12.1. The number of carbonyl (C=O) groups excluding carboxylic acids is 2. The Kier molecular flexibility index (Phi) is 5.90. The largest absolute Gasteiger partial charge is 0.484 e. The van der Waals surface area contributed by atoms with E-state index in [4.69, 9.17) is 10.00 Å². The number of benzene rings is 2. The molecule has 0 radical (unpaired) electrons. The Labute approximate surface area is 157 Å². The lowest BCUT2D eigenvalue weighted by Gasteiger charge is -2.30. The predicted octanol–water partition coefficient (Wildman–Crippen LogP) is 1.54. The summed E-state index contributed by atoms with van der Waals surface area (Å²) in [5.74, 6) is -0.286. The lowest BCUT2D eigenvalue weighted by molar-refractivity contribution is -0.129. The minimum absolute atomic E-state index is 0.174. The smallest absolute Gasteiger partial charge is 0.276 e. The second-order valence-corrected chi connectivity index (χ2v) is 6.18. The minimum Gasteiger partial charge on any atom is -0.484 e. The molecule has 3 rings (SSSR count). The fourth-order valence-corrected chi connectivity index (χ4v) is 2.94. The quantitative estimate of drug-likeness (QED) is 0.785. The molecule has 0 unspecified atom stereocenters. The lowest BCUT2D eigenvalue weighted by atomic mass is 10.0. The second-order valence-electron chi connectivity index (χ2n) is 6.18. The van der Waals surface area contributed by atoms with E-state index >= 15 is 0 Å². The standard InChI is InChI=1S/C20H20N4O3/c21-12-15-7-9-17(10-8-15)27-14-20(26)23-22-19(25)13-24-11-3-5-16-4-1-2-6-18(16)24/h1-2,4,6-10H,3,5,11,13-14H2,(H,22,25)(H,23,26). The third-order valence-electron chi connectivity index (χ3n) is 4.24. The highest BCUT2D eigenvalue weighted by molar-refractivity contribution is 5.85. The molecule has 138 valence electrons. The lowest BCUT2D eigenvalue weighted by Crippen LogP contribution is -2.48. The van der Waals surface area contributed by atoms with Crippen LogP contribution < -0.4 is 20.5 Å². The average molecular weight is 364 g/mol. The van der Waals surface area contributed by atoms with Crippen molar-refractivity contribution >= 4 is 17.5 Å². The van der Waals surface area contributed by atoms with Gasteiger partial charge in [0.15, 0.2) is 6.61 Å². The van der Waals surface area contributed by atoms with Crippen molar-refractivity contribution in [2.75, 3.05) is 24.6 Å². The molecule has 0 atom stereocenters. The molecule has 0 bridgehead atoms. The second kappa shape index (κ2) is 8.72. The van der Waals surface area contributed by atoms with Gasteiger partial charge in [0, 0.05) is 12.2 Å². The molecule has 2 N–H and O–H groups in total. The fourth-order valence-electron chi connectivity index (χ4n) is 2.94. The number of para-hydroxylation sites is 1. The third-order valence-corrected chi connectivity index (χ3v) is 4.24. The molecular formula is C20H20N4O3. The van der Waals surface area contributed by atoms with Crippen molar-refractivity contribution in [3.63, 3.8) is 0 Å². The van der Waals surface area contributed by atoms with Crippen LogP contribution in [0.15, 0.2) is 48.5 Å². The van der Waals surface area contributed by atoms with Crippen LogP contribution in [0.1, 0.15) is 17.5 Å². The number of ether oxygens (including phenoxy) is 1. The van der Waals surface area contributed by atoms with E-state index in [1.807, 2.05) is 29.2 Å². The molecule has 0 aliphatic carbocycles. The summed E-state index contributed by atoms with van der Waals surface area (Å²) in [5.41, 5.74) is 7.57. The van der Waals surface area contributed by atoms with E-state index < -0.39 is 5.91 Å². The van der Waals surface area contributed by atoms with Crippen molar-refractivity contribution in [1.29, 1.82) is 5.26 Å². The maximum Gasteiger partial charge on any atom is 0.276 e. The Balaban J connectivity index is 1.42. The third kappa shape index (κ3) is 4.98. The van der Waals surface area contributed by atoms with Gasteiger partial charge in [0.25, 0.3) is 11.8 Å². The number of rotatable bonds is 5. The molecule has 1 heterocycles. The maximum atomic E-state index is 12.1. The van der Waals surface area contributed by atoms with Gasteiger partial charge in [0.1, 0.15) is 5.75 Å². The van der Waals surface area contributed by atoms with E-state index in [9.17, 15) is 9.59 Å². The average Bonchev–Trinajstić information content (AvgIpc) is 2.71. The molecule has 1 aliphatic rings. The van der Waals surface area contributed by atoms with Crippen LogP contribution in [0.25, 0.3) is 0 Å². The molecule has 0 fully saturated rings. The van der Waals surface area contributed by atoms with Gasteiger partial charge >= 0.3 is 0 Å². The summed E-state index contributed by atoms with van der Waals surface area (Å²) >= 11 is 0. The van der Waals surface area contributed by atoms with E-state index in [2.05, 4.69) is 16.9 Å². The highest BCUT2D eigenvalue weighted by atomic mass is 16.5.